The van der Waals surface area contributed by atoms with E-state index in [0.717, 1.165) is 12.8 Å². The van der Waals surface area contributed by atoms with Crippen LogP contribution in [-0.2, 0) is 0 Å². The molecule has 2 amide bonds. The summed E-state index contributed by atoms with van der Waals surface area (Å²) in [6.07, 6.45) is 3.58. The Kier molecular flexibility index (Phi) is 5.53. The first-order valence-corrected chi connectivity index (χ1v) is 8.80. The van der Waals surface area contributed by atoms with Crippen molar-refractivity contribution in [1.82, 2.24) is 14.7 Å². The van der Waals surface area contributed by atoms with Gasteiger partial charge in [-0.3, -0.25) is 14.0 Å². The summed E-state index contributed by atoms with van der Waals surface area (Å²) in [7, 11) is 0. The normalized spacial score (nSPS) is 10.7. The van der Waals surface area contributed by atoms with Crippen LogP contribution in [0.3, 0.4) is 0 Å². The van der Waals surface area contributed by atoms with Gasteiger partial charge >= 0.3 is 0 Å². The highest BCUT2D eigenvalue weighted by atomic mass is 35.5. The van der Waals surface area contributed by atoms with E-state index in [1.54, 1.807) is 53.1 Å². The lowest BCUT2D eigenvalue weighted by Gasteiger charge is -2.04. The Balaban J connectivity index is 1.91. The van der Waals surface area contributed by atoms with Crippen LogP contribution in [0.5, 0.6) is 0 Å². The summed E-state index contributed by atoms with van der Waals surface area (Å²) in [5.41, 5.74) is 1.37. The zero-order valence-corrected chi connectivity index (χ0v) is 15.1. The van der Waals surface area contributed by atoms with Crippen LogP contribution in [-0.4, -0.2) is 27.7 Å². The summed E-state index contributed by atoms with van der Waals surface area (Å²) in [4.78, 5) is 29.4. The van der Waals surface area contributed by atoms with Crippen LogP contribution < -0.4 is 10.6 Å². The van der Waals surface area contributed by atoms with E-state index in [9.17, 15) is 9.59 Å². The number of carbonyl (C=O) groups excluding carboxylic acids is 2. The second-order valence-electron chi connectivity index (χ2n) is 5.81. The van der Waals surface area contributed by atoms with Gasteiger partial charge in [0, 0.05) is 23.5 Å². The van der Waals surface area contributed by atoms with E-state index in [0.29, 0.717) is 22.8 Å². The molecule has 6 nitrogen and oxygen atoms in total. The molecule has 26 heavy (non-hydrogen) atoms. The molecule has 0 unspecified atom stereocenters. The number of hydrogen-bond acceptors (Lipinski definition) is 3. The van der Waals surface area contributed by atoms with Gasteiger partial charge in [0.2, 0.25) is 5.82 Å². The number of rotatable bonds is 6. The standard InChI is InChI=1S/C19H19ClN4O2/c1-2-3-10-21-18(25)16-15-9-4-5-11-24(15)17(23-16)19(26)22-14-8-6-7-13(20)12-14/h4-9,11-12H,2-3,10H2,1H3,(H,21,25)(H,22,26). The van der Waals surface area contributed by atoms with Crippen LogP contribution in [0.1, 0.15) is 40.9 Å². The smallest absolute Gasteiger partial charge is 0.292 e. The third-order valence-electron chi connectivity index (χ3n) is 3.86. The fourth-order valence-electron chi connectivity index (χ4n) is 2.58. The number of hydrogen-bond donors (Lipinski definition) is 2. The molecule has 0 atom stereocenters. The number of aromatic nitrogens is 2. The first kappa shape index (κ1) is 17.9. The lowest BCUT2D eigenvalue weighted by molar-refractivity contribution is 0.0950. The molecule has 2 N–H and O–H groups in total. The van der Waals surface area contributed by atoms with Crippen LogP contribution in [0, 0.1) is 0 Å². The summed E-state index contributed by atoms with van der Waals surface area (Å²) in [6, 6.07) is 12.2. The first-order valence-electron chi connectivity index (χ1n) is 8.42. The third kappa shape index (κ3) is 3.86. The van der Waals surface area contributed by atoms with Gasteiger partial charge in [-0.05, 0) is 36.8 Å². The SMILES string of the molecule is CCCCNC(=O)c1nc(C(=O)Nc2cccc(Cl)c2)n2ccccc12. The molecule has 2 heterocycles. The zero-order chi connectivity index (χ0) is 18.5. The Morgan fingerprint density at radius 1 is 1.15 bits per heavy atom. The van der Waals surface area contributed by atoms with Crippen molar-refractivity contribution in [3.05, 3.63) is 65.2 Å². The summed E-state index contributed by atoms with van der Waals surface area (Å²) < 4.78 is 1.61. The molecule has 0 aliphatic rings. The highest BCUT2D eigenvalue weighted by molar-refractivity contribution is 6.30. The van der Waals surface area contributed by atoms with Gasteiger partial charge in [0.15, 0.2) is 5.69 Å². The number of benzene rings is 1. The molecule has 0 aliphatic carbocycles. The summed E-state index contributed by atoms with van der Waals surface area (Å²) in [6.45, 7) is 2.63. The van der Waals surface area contributed by atoms with E-state index in [1.165, 1.54) is 0 Å². The molecule has 3 rings (SSSR count). The number of anilines is 1. The average molecular weight is 371 g/mol. The monoisotopic (exact) mass is 370 g/mol. The molecule has 0 radical (unpaired) electrons. The minimum Gasteiger partial charge on any atom is -0.351 e. The number of carbonyl (C=O) groups is 2. The fraction of sp³-hybridized carbons (Fsp3) is 0.211. The van der Waals surface area contributed by atoms with E-state index in [1.807, 2.05) is 0 Å². The van der Waals surface area contributed by atoms with E-state index >= 15 is 0 Å². The Morgan fingerprint density at radius 2 is 2.00 bits per heavy atom. The number of fused-ring (bicyclic) bond motifs is 1. The number of amides is 2. The second kappa shape index (κ2) is 8.01. The predicted octanol–water partition coefficient (Wildman–Crippen LogP) is 3.77. The molecule has 134 valence electrons. The molecular weight excluding hydrogens is 352 g/mol. The molecule has 0 aliphatic heterocycles. The Labute approximate surface area is 156 Å². The minimum atomic E-state index is -0.416. The van der Waals surface area contributed by atoms with Crippen LogP contribution in [0.25, 0.3) is 5.52 Å². The van der Waals surface area contributed by atoms with E-state index < -0.39 is 5.91 Å². The molecule has 0 fully saturated rings. The van der Waals surface area contributed by atoms with E-state index in [4.69, 9.17) is 11.6 Å². The Hall–Kier alpha value is -2.86. The zero-order valence-electron chi connectivity index (χ0n) is 14.3. The second-order valence-corrected chi connectivity index (χ2v) is 6.25. The van der Waals surface area contributed by atoms with Gasteiger partial charge in [-0.25, -0.2) is 4.98 Å². The first-order chi connectivity index (χ1) is 12.6. The Bertz CT molecular complexity index is 952. The lowest BCUT2D eigenvalue weighted by atomic mass is 10.3. The highest BCUT2D eigenvalue weighted by Crippen LogP contribution is 2.18. The van der Waals surface area contributed by atoms with Gasteiger partial charge in [0.05, 0.1) is 5.52 Å². The van der Waals surface area contributed by atoms with Crippen molar-refractivity contribution in [2.24, 2.45) is 0 Å². The molecule has 0 spiro atoms. The number of nitrogens with one attached hydrogen (secondary N) is 2. The van der Waals surface area contributed by atoms with Gasteiger partial charge in [-0.15, -0.1) is 0 Å². The lowest BCUT2D eigenvalue weighted by Crippen LogP contribution is -2.25. The maximum Gasteiger partial charge on any atom is 0.292 e. The number of unbranched alkanes of at least 4 members (excludes halogenated alkanes) is 1. The molecule has 2 aromatic heterocycles. The largest absolute Gasteiger partial charge is 0.351 e. The molecule has 0 saturated heterocycles. The number of imidazole rings is 1. The van der Waals surface area contributed by atoms with Crippen molar-refractivity contribution >= 4 is 34.6 Å². The quantitative estimate of drug-likeness (QED) is 0.648. The highest BCUT2D eigenvalue weighted by Gasteiger charge is 2.21. The van der Waals surface area contributed by atoms with Crippen molar-refractivity contribution in [3.8, 4) is 0 Å². The molecule has 3 aromatic rings. The van der Waals surface area contributed by atoms with Gasteiger partial charge in [0.25, 0.3) is 11.8 Å². The van der Waals surface area contributed by atoms with Crippen LogP contribution in [0.15, 0.2) is 48.7 Å². The summed E-state index contributed by atoms with van der Waals surface area (Å²) >= 11 is 5.95. The number of pyridine rings is 1. The van der Waals surface area contributed by atoms with Gasteiger partial charge in [0.1, 0.15) is 0 Å². The van der Waals surface area contributed by atoms with Crippen molar-refractivity contribution in [3.63, 3.8) is 0 Å². The molecule has 0 saturated carbocycles. The fourth-order valence-corrected chi connectivity index (χ4v) is 2.77. The van der Waals surface area contributed by atoms with Gasteiger partial charge in [-0.2, -0.15) is 0 Å². The van der Waals surface area contributed by atoms with E-state index in [-0.39, 0.29) is 17.4 Å². The Morgan fingerprint density at radius 3 is 2.77 bits per heavy atom. The van der Waals surface area contributed by atoms with Crippen molar-refractivity contribution in [1.29, 1.82) is 0 Å². The summed E-state index contributed by atoms with van der Waals surface area (Å²) in [5, 5.41) is 6.11. The van der Waals surface area contributed by atoms with Crippen LogP contribution in [0.2, 0.25) is 5.02 Å². The van der Waals surface area contributed by atoms with Crippen LogP contribution in [0.4, 0.5) is 5.69 Å². The maximum absolute atomic E-state index is 12.7. The molecular formula is C19H19ClN4O2. The predicted molar refractivity (Wildman–Crippen MR) is 102 cm³/mol. The number of nitrogens with zero attached hydrogens (tertiary/aromatic N) is 2. The molecule has 7 heteroatoms. The number of halogens is 1. The minimum absolute atomic E-state index is 0.140. The van der Waals surface area contributed by atoms with Crippen molar-refractivity contribution in [2.45, 2.75) is 19.8 Å². The molecule has 0 bridgehead atoms. The topological polar surface area (TPSA) is 75.5 Å². The summed E-state index contributed by atoms with van der Waals surface area (Å²) in [5.74, 6) is -0.564. The van der Waals surface area contributed by atoms with Gasteiger partial charge < -0.3 is 10.6 Å². The van der Waals surface area contributed by atoms with Crippen LogP contribution >= 0.6 is 11.6 Å². The van der Waals surface area contributed by atoms with Gasteiger partial charge in [-0.1, -0.05) is 37.1 Å². The van der Waals surface area contributed by atoms with Crippen molar-refractivity contribution in [2.75, 3.05) is 11.9 Å². The molecule has 1 aromatic carbocycles. The average Bonchev–Trinajstić information content (AvgIpc) is 3.02. The maximum atomic E-state index is 12.7. The van der Waals surface area contributed by atoms with E-state index in [2.05, 4.69) is 22.5 Å². The third-order valence-corrected chi connectivity index (χ3v) is 4.10. The van der Waals surface area contributed by atoms with Crippen molar-refractivity contribution < 1.29 is 9.59 Å².